The average Bonchev–Trinajstić information content (AvgIpc) is 2.51. The zero-order valence-electron chi connectivity index (χ0n) is 13.4. The lowest BCUT2D eigenvalue weighted by Crippen LogP contribution is -2.22. The van der Waals surface area contributed by atoms with Gasteiger partial charge in [0.05, 0.1) is 0 Å². The molecule has 1 aliphatic rings. The van der Waals surface area contributed by atoms with Crippen molar-refractivity contribution in [3.05, 3.63) is 58.3 Å². The quantitative estimate of drug-likeness (QED) is 0.830. The molecule has 5 heteroatoms. The van der Waals surface area contributed by atoms with E-state index in [1.807, 2.05) is 25.4 Å². The molecule has 0 unspecified atom stereocenters. The normalized spacial score (nSPS) is 14.3. The monoisotopic (exact) mass is 327 g/mol. The third-order valence-corrected chi connectivity index (χ3v) is 4.01. The van der Waals surface area contributed by atoms with Crippen LogP contribution in [0.25, 0.3) is 5.70 Å². The molecular weight excluding hydrogens is 310 g/mol. The Balaban J connectivity index is 1.93. The van der Waals surface area contributed by atoms with Crippen LogP contribution in [0.3, 0.4) is 0 Å². The number of aromatic nitrogens is 1. The van der Waals surface area contributed by atoms with Gasteiger partial charge in [0.15, 0.2) is 0 Å². The molecule has 0 saturated heterocycles. The van der Waals surface area contributed by atoms with Gasteiger partial charge < -0.3 is 9.64 Å². The van der Waals surface area contributed by atoms with E-state index in [2.05, 4.69) is 34.8 Å². The van der Waals surface area contributed by atoms with E-state index in [1.54, 1.807) is 18.3 Å². The fourth-order valence-corrected chi connectivity index (χ4v) is 2.83. The van der Waals surface area contributed by atoms with Gasteiger partial charge in [0.1, 0.15) is 17.4 Å². The highest BCUT2D eigenvalue weighted by Gasteiger charge is 2.16. The highest BCUT2D eigenvalue weighted by Crippen LogP contribution is 2.31. The summed E-state index contributed by atoms with van der Waals surface area (Å²) in [6.45, 7) is 4.82. The Hall–Kier alpha value is -2.33. The van der Waals surface area contributed by atoms with Crippen molar-refractivity contribution in [2.45, 2.75) is 13.8 Å². The molecule has 0 amide bonds. The molecule has 0 saturated carbocycles. The smallest absolute Gasteiger partial charge is 0.238 e. The van der Waals surface area contributed by atoms with Gasteiger partial charge in [-0.3, -0.25) is 4.99 Å². The number of rotatable bonds is 3. The van der Waals surface area contributed by atoms with Crippen LogP contribution < -0.4 is 4.74 Å². The molecule has 0 spiro atoms. The number of aliphatic imine (C=N–C) groups is 1. The first kappa shape index (κ1) is 15.6. The Morgan fingerprint density at radius 1 is 1.22 bits per heavy atom. The molecule has 0 radical (unpaired) electrons. The molecule has 0 fully saturated rings. The van der Waals surface area contributed by atoms with Gasteiger partial charge in [0.2, 0.25) is 5.88 Å². The SMILES string of the molecule is CC1=C(c2ccc(Oc3ncccc3Cl)cc2C)N(C)CN=C1. The van der Waals surface area contributed by atoms with Crippen molar-refractivity contribution in [1.82, 2.24) is 9.88 Å². The maximum Gasteiger partial charge on any atom is 0.238 e. The molecule has 0 atom stereocenters. The van der Waals surface area contributed by atoms with Crippen LogP contribution in [-0.4, -0.2) is 29.8 Å². The summed E-state index contributed by atoms with van der Waals surface area (Å²) in [4.78, 5) is 10.6. The number of allylic oxidation sites excluding steroid dienone is 1. The number of halogens is 1. The summed E-state index contributed by atoms with van der Waals surface area (Å²) in [6, 6.07) is 9.54. The van der Waals surface area contributed by atoms with E-state index >= 15 is 0 Å². The Bertz CT molecular complexity index is 799. The van der Waals surface area contributed by atoms with Gasteiger partial charge in [-0.05, 0) is 55.3 Å². The van der Waals surface area contributed by atoms with Crippen molar-refractivity contribution in [2.24, 2.45) is 4.99 Å². The second-order valence-electron chi connectivity index (χ2n) is 5.55. The lowest BCUT2D eigenvalue weighted by molar-refractivity contribution is 0.462. The fourth-order valence-electron chi connectivity index (χ4n) is 2.67. The van der Waals surface area contributed by atoms with Gasteiger partial charge in [0.25, 0.3) is 0 Å². The second-order valence-corrected chi connectivity index (χ2v) is 5.96. The van der Waals surface area contributed by atoms with E-state index in [9.17, 15) is 0 Å². The van der Waals surface area contributed by atoms with Crippen molar-refractivity contribution in [3.8, 4) is 11.6 Å². The predicted molar refractivity (Wildman–Crippen MR) is 94.2 cm³/mol. The summed E-state index contributed by atoms with van der Waals surface area (Å²) in [7, 11) is 2.05. The molecule has 1 aliphatic heterocycles. The number of ether oxygens (including phenoxy) is 1. The van der Waals surface area contributed by atoms with Gasteiger partial charge >= 0.3 is 0 Å². The summed E-state index contributed by atoms with van der Waals surface area (Å²) < 4.78 is 5.79. The first-order chi connectivity index (χ1) is 11.1. The number of hydrogen-bond donors (Lipinski definition) is 0. The number of aryl methyl sites for hydroxylation is 1. The Morgan fingerprint density at radius 2 is 2.04 bits per heavy atom. The maximum atomic E-state index is 6.09. The molecular formula is C18H18ClN3O. The van der Waals surface area contributed by atoms with Gasteiger partial charge in [-0.25, -0.2) is 4.98 Å². The molecule has 0 aliphatic carbocycles. The molecule has 1 aromatic carbocycles. The maximum absolute atomic E-state index is 6.09. The van der Waals surface area contributed by atoms with E-state index in [4.69, 9.17) is 16.3 Å². The number of pyridine rings is 1. The number of benzene rings is 1. The largest absolute Gasteiger partial charge is 0.438 e. The van der Waals surface area contributed by atoms with Crippen molar-refractivity contribution in [2.75, 3.05) is 13.7 Å². The highest BCUT2D eigenvalue weighted by molar-refractivity contribution is 6.31. The second kappa shape index (κ2) is 6.42. The minimum Gasteiger partial charge on any atom is -0.438 e. The molecule has 2 aromatic rings. The summed E-state index contributed by atoms with van der Waals surface area (Å²) in [5.41, 5.74) is 4.66. The molecule has 4 nitrogen and oxygen atoms in total. The zero-order valence-corrected chi connectivity index (χ0v) is 14.1. The van der Waals surface area contributed by atoms with Crippen LogP contribution in [0.15, 0.2) is 47.1 Å². The third-order valence-electron chi connectivity index (χ3n) is 3.73. The highest BCUT2D eigenvalue weighted by atomic mass is 35.5. The molecule has 23 heavy (non-hydrogen) atoms. The fraction of sp³-hybridized carbons (Fsp3) is 0.222. The molecule has 118 valence electrons. The topological polar surface area (TPSA) is 37.7 Å². The Labute approximate surface area is 141 Å². The van der Waals surface area contributed by atoms with E-state index in [0.717, 1.165) is 16.9 Å². The van der Waals surface area contributed by atoms with Gasteiger partial charge in [-0.1, -0.05) is 11.6 Å². The van der Waals surface area contributed by atoms with E-state index in [1.165, 1.54) is 11.3 Å². The summed E-state index contributed by atoms with van der Waals surface area (Å²) in [5.74, 6) is 1.14. The number of nitrogens with zero attached hydrogens (tertiary/aromatic N) is 3. The lowest BCUT2D eigenvalue weighted by Gasteiger charge is -2.27. The van der Waals surface area contributed by atoms with Gasteiger partial charge in [0, 0.05) is 30.7 Å². The van der Waals surface area contributed by atoms with Crippen LogP contribution in [0, 0.1) is 6.92 Å². The predicted octanol–water partition coefficient (Wildman–Crippen LogP) is 4.54. The molecule has 1 aromatic heterocycles. The third kappa shape index (κ3) is 3.22. The minimum atomic E-state index is 0.415. The van der Waals surface area contributed by atoms with Crippen molar-refractivity contribution in [3.63, 3.8) is 0 Å². The Kier molecular flexibility index (Phi) is 4.35. The van der Waals surface area contributed by atoms with Gasteiger partial charge in [-0.15, -0.1) is 0 Å². The summed E-state index contributed by atoms with van der Waals surface area (Å²) >= 11 is 6.09. The van der Waals surface area contributed by atoms with E-state index in [0.29, 0.717) is 17.6 Å². The zero-order chi connectivity index (χ0) is 16.4. The number of hydrogen-bond acceptors (Lipinski definition) is 4. The Morgan fingerprint density at radius 3 is 2.74 bits per heavy atom. The van der Waals surface area contributed by atoms with Crippen molar-refractivity contribution < 1.29 is 4.74 Å². The van der Waals surface area contributed by atoms with E-state index in [-0.39, 0.29) is 0 Å². The van der Waals surface area contributed by atoms with Crippen LogP contribution in [0.4, 0.5) is 0 Å². The van der Waals surface area contributed by atoms with Crippen LogP contribution >= 0.6 is 11.6 Å². The first-order valence-corrected chi connectivity index (χ1v) is 7.75. The lowest BCUT2D eigenvalue weighted by atomic mass is 10.0. The molecule has 3 rings (SSSR count). The van der Waals surface area contributed by atoms with Crippen molar-refractivity contribution in [1.29, 1.82) is 0 Å². The van der Waals surface area contributed by atoms with E-state index < -0.39 is 0 Å². The average molecular weight is 328 g/mol. The first-order valence-electron chi connectivity index (χ1n) is 7.37. The van der Waals surface area contributed by atoms with Crippen LogP contribution in [-0.2, 0) is 0 Å². The van der Waals surface area contributed by atoms with Crippen LogP contribution in [0.5, 0.6) is 11.6 Å². The van der Waals surface area contributed by atoms with Crippen LogP contribution in [0.1, 0.15) is 18.1 Å². The molecule has 2 heterocycles. The van der Waals surface area contributed by atoms with Gasteiger partial charge in [-0.2, -0.15) is 0 Å². The minimum absolute atomic E-state index is 0.415. The standard InChI is InChI=1S/C18H18ClN3O/c1-12-9-14(23-18-16(19)5-4-8-21-18)6-7-15(12)17-13(2)10-20-11-22(17)3/h4-10H,11H2,1-3H3. The summed E-state index contributed by atoms with van der Waals surface area (Å²) in [6.07, 6.45) is 3.58. The molecule has 0 bridgehead atoms. The summed E-state index contributed by atoms with van der Waals surface area (Å²) in [5, 5.41) is 0.496. The van der Waals surface area contributed by atoms with Crippen LogP contribution in [0.2, 0.25) is 5.02 Å². The van der Waals surface area contributed by atoms with Crippen molar-refractivity contribution >= 4 is 23.5 Å². The molecule has 0 N–H and O–H groups in total.